The van der Waals surface area contributed by atoms with E-state index in [4.69, 9.17) is 0 Å². The molecule has 0 unspecified atom stereocenters. The fraction of sp³-hybridized carbons (Fsp3) is 0.208. The number of pyridine rings is 1. The maximum Gasteiger partial charge on any atom is 0.274 e. The van der Waals surface area contributed by atoms with Gasteiger partial charge < -0.3 is 9.47 Å². The Hall–Kier alpha value is -3.47. The molecule has 0 aliphatic rings. The summed E-state index contributed by atoms with van der Waals surface area (Å²) in [7, 11) is 1.86. The lowest BCUT2D eigenvalue weighted by Gasteiger charge is -2.26. The second kappa shape index (κ2) is 7.87. The summed E-state index contributed by atoms with van der Waals surface area (Å²) in [4.78, 5) is 23.5. The highest BCUT2D eigenvalue weighted by Crippen LogP contribution is 2.24. The van der Waals surface area contributed by atoms with E-state index in [0.29, 0.717) is 12.2 Å². The molecule has 0 aliphatic heterocycles. The van der Waals surface area contributed by atoms with Gasteiger partial charge in [-0.1, -0.05) is 36.4 Å². The second-order valence-corrected chi connectivity index (χ2v) is 7.56. The van der Waals surface area contributed by atoms with E-state index in [1.54, 1.807) is 17.1 Å². The number of carbonyl (C=O) groups excluding carboxylic acids is 1. The van der Waals surface area contributed by atoms with Crippen molar-refractivity contribution in [1.82, 2.24) is 19.4 Å². The van der Waals surface area contributed by atoms with Crippen LogP contribution in [-0.2, 0) is 13.6 Å². The van der Waals surface area contributed by atoms with Gasteiger partial charge in [-0.3, -0.25) is 9.78 Å². The maximum atomic E-state index is 12.9. The van der Waals surface area contributed by atoms with E-state index in [1.165, 1.54) is 10.8 Å². The number of amides is 1. The van der Waals surface area contributed by atoms with Gasteiger partial charge in [-0.25, -0.2) is 4.98 Å². The van der Waals surface area contributed by atoms with E-state index in [9.17, 15) is 4.79 Å². The molecule has 29 heavy (non-hydrogen) atoms. The summed E-state index contributed by atoms with van der Waals surface area (Å²) >= 11 is 0. The van der Waals surface area contributed by atoms with Crippen LogP contribution >= 0.6 is 0 Å². The summed E-state index contributed by atoms with van der Waals surface area (Å²) in [6.07, 6.45) is 5.21. The highest BCUT2D eigenvalue weighted by molar-refractivity contribution is 5.92. The van der Waals surface area contributed by atoms with Gasteiger partial charge in [0.15, 0.2) is 0 Å². The van der Waals surface area contributed by atoms with E-state index < -0.39 is 0 Å². The van der Waals surface area contributed by atoms with Gasteiger partial charge in [0.2, 0.25) is 0 Å². The van der Waals surface area contributed by atoms with Gasteiger partial charge in [0.1, 0.15) is 5.69 Å². The number of nitrogens with zero attached hydrogens (tertiary/aromatic N) is 4. The molecule has 5 nitrogen and oxygen atoms in total. The lowest BCUT2D eigenvalue weighted by Crippen LogP contribution is -2.36. The van der Waals surface area contributed by atoms with Crippen LogP contribution in [-0.4, -0.2) is 31.4 Å². The standard InChI is InChI=1S/C24H24N4O/c1-17(2)28(24(29)23-15-27(3)16-26-23)14-18-10-11-25-22(12-18)21-9-8-19-6-4-5-7-20(19)13-21/h4-13,15-17H,14H2,1-3H3. The van der Waals surface area contributed by atoms with Crippen LogP contribution < -0.4 is 0 Å². The molecule has 0 aliphatic carbocycles. The summed E-state index contributed by atoms with van der Waals surface area (Å²) < 4.78 is 1.79. The Labute approximate surface area is 170 Å². The number of aryl methyl sites for hydroxylation is 1. The van der Waals surface area contributed by atoms with Crippen molar-refractivity contribution in [3.8, 4) is 11.3 Å². The first-order valence-corrected chi connectivity index (χ1v) is 9.74. The van der Waals surface area contributed by atoms with Crippen LogP contribution in [0.2, 0.25) is 0 Å². The molecule has 2 aromatic carbocycles. The van der Waals surface area contributed by atoms with Crippen molar-refractivity contribution >= 4 is 16.7 Å². The van der Waals surface area contributed by atoms with Crippen LogP contribution in [0.5, 0.6) is 0 Å². The number of carbonyl (C=O) groups is 1. The number of fused-ring (bicyclic) bond motifs is 1. The molecule has 2 heterocycles. The normalized spacial score (nSPS) is 11.2. The Bertz CT molecular complexity index is 1160. The van der Waals surface area contributed by atoms with E-state index in [2.05, 4.69) is 46.4 Å². The highest BCUT2D eigenvalue weighted by Gasteiger charge is 2.21. The molecule has 5 heteroatoms. The van der Waals surface area contributed by atoms with Gasteiger partial charge in [0.05, 0.1) is 12.0 Å². The van der Waals surface area contributed by atoms with Crippen LogP contribution in [0.15, 0.2) is 73.3 Å². The number of benzene rings is 2. The van der Waals surface area contributed by atoms with E-state index >= 15 is 0 Å². The number of imidazole rings is 1. The molecular weight excluding hydrogens is 360 g/mol. The van der Waals surface area contributed by atoms with Crippen molar-refractivity contribution in [3.63, 3.8) is 0 Å². The SMILES string of the molecule is CC(C)N(Cc1ccnc(-c2ccc3ccccc3c2)c1)C(=O)c1cn(C)cn1. The largest absolute Gasteiger partial charge is 0.340 e. The summed E-state index contributed by atoms with van der Waals surface area (Å²) in [5, 5.41) is 2.39. The zero-order chi connectivity index (χ0) is 20.4. The number of hydrogen-bond acceptors (Lipinski definition) is 3. The molecule has 1 amide bonds. The smallest absolute Gasteiger partial charge is 0.274 e. The summed E-state index contributed by atoms with van der Waals surface area (Å²) in [6.45, 7) is 4.55. The molecule has 0 spiro atoms. The Balaban J connectivity index is 1.62. The molecular formula is C24H24N4O. The third kappa shape index (κ3) is 4.04. The van der Waals surface area contributed by atoms with Crippen LogP contribution in [0.1, 0.15) is 29.9 Å². The van der Waals surface area contributed by atoms with Gasteiger partial charge in [0.25, 0.3) is 5.91 Å². The Morgan fingerprint density at radius 1 is 1.03 bits per heavy atom. The maximum absolute atomic E-state index is 12.9. The fourth-order valence-corrected chi connectivity index (χ4v) is 3.44. The molecule has 0 fully saturated rings. The lowest BCUT2D eigenvalue weighted by molar-refractivity contribution is 0.0684. The lowest BCUT2D eigenvalue weighted by atomic mass is 10.0. The zero-order valence-electron chi connectivity index (χ0n) is 16.9. The van der Waals surface area contributed by atoms with Crippen molar-refractivity contribution < 1.29 is 4.79 Å². The van der Waals surface area contributed by atoms with Crippen LogP contribution in [0.3, 0.4) is 0 Å². The molecule has 0 N–H and O–H groups in total. The van der Waals surface area contributed by atoms with Crippen LogP contribution in [0.4, 0.5) is 0 Å². The first kappa shape index (κ1) is 18.9. The quantitative estimate of drug-likeness (QED) is 0.502. The zero-order valence-corrected chi connectivity index (χ0v) is 16.9. The Kier molecular flexibility index (Phi) is 5.12. The first-order chi connectivity index (χ1) is 14.0. The number of rotatable bonds is 5. The average molecular weight is 384 g/mol. The minimum Gasteiger partial charge on any atom is -0.340 e. The monoisotopic (exact) mass is 384 g/mol. The van der Waals surface area contributed by atoms with E-state index in [0.717, 1.165) is 16.8 Å². The van der Waals surface area contributed by atoms with Crippen molar-refractivity contribution in [2.45, 2.75) is 26.4 Å². The Morgan fingerprint density at radius 2 is 1.83 bits per heavy atom. The van der Waals surface area contributed by atoms with Crippen LogP contribution in [0.25, 0.3) is 22.0 Å². The van der Waals surface area contributed by atoms with Gasteiger partial charge >= 0.3 is 0 Å². The van der Waals surface area contributed by atoms with Crippen molar-refractivity contribution in [1.29, 1.82) is 0 Å². The van der Waals surface area contributed by atoms with E-state index in [1.807, 2.05) is 50.2 Å². The summed E-state index contributed by atoms with van der Waals surface area (Å²) in [6, 6.07) is 18.7. The predicted molar refractivity (Wildman–Crippen MR) is 115 cm³/mol. The first-order valence-electron chi connectivity index (χ1n) is 9.74. The molecule has 0 saturated carbocycles. The molecule has 146 valence electrons. The highest BCUT2D eigenvalue weighted by atomic mass is 16.2. The topological polar surface area (TPSA) is 51.0 Å². The summed E-state index contributed by atoms with van der Waals surface area (Å²) in [5.74, 6) is -0.0651. The molecule has 0 bridgehead atoms. The number of aromatic nitrogens is 3. The van der Waals surface area contributed by atoms with E-state index in [-0.39, 0.29) is 11.9 Å². The molecule has 0 atom stereocenters. The Morgan fingerprint density at radius 3 is 2.55 bits per heavy atom. The second-order valence-electron chi connectivity index (χ2n) is 7.56. The summed E-state index contributed by atoms with van der Waals surface area (Å²) in [5.41, 5.74) is 3.48. The van der Waals surface area contributed by atoms with Gasteiger partial charge in [-0.15, -0.1) is 0 Å². The molecule has 4 aromatic rings. The minimum absolute atomic E-state index is 0.0572. The van der Waals surface area contributed by atoms with Gasteiger partial charge in [-0.2, -0.15) is 0 Å². The van der Waals surface area contributed by atoms with Crippen LogP contribution in [0, 0.1) is 0 Å². The predicted octanol–water partition coefficient (Wildman–Crippen LogP) is 4.69. The third-order valence-electron chi connectivity index (χ3n) is 5.03. The molecule has 0 saturated heterocycles. The number of hydrogen-bond donors (Lipinski definition) is 0. The fourth-order valence-electron chi connectivity index (χ4n) is 3.44. The van der Waals surface area contributed by atoms with Gasteiger partial charge in [-0.05, 0) is 48.4 Å². The minimum atomic E-state index is -0.0651. The molecule has 4 rings (SSSR count). The molecule has 2 aromatic heterocycles. The van der Waals surface area contributed by atoms with Gasteiger partial charge in [0, 0.05) is 37.6 Å². The average Bonchev–Trinajstić information content (AvgIpc) is 3.17. The van der Waals surface area contributed by atoms with Crippen molar-refractivity contribution in [3.05, 3.63) is 84.6 Å². The third-order valence-corrected chi connectivity index (χ3v) is 5.03. The van der Waals surface area contributed by atoms with Crippen molar-refractivity contribution in [2.75, 3.05) is 0 Å². The van der Waals surface area contributed by atoms with Crippen molar-refractivity contribution in [2.24, 2.45) is 7.05 Å². The molecule has 0 radical (unpaired) electrons.